The Balaban J connectivity index is 1.66. The molecule has 0 N–H and O–H groups in total. The predicted molar refractivity (Wildman–Crippen MR) is 144 cm³/mol. The highest BCUT2D eigenvalue weighted by molar-refractivity contribution is 5.30. The first-order chi connectivity index (χ1) is 16.2. The summed E-state index contributed by atoms with van der Waals surface area (Å²) in [5, 5.41) is 0. The standard InChI is InChI=1S/C32H52O/c1-3-5-11-22-32(23-12-8-13-24-32)25-21-30(27-28-15-9-7-10-16-28)29-17-19-31(20-18-29)33-26-14-6-4-2/h15,17-20,30H,3-14,16,21-27H2,1-2H3. The molecule has 0 radical (unpaired) electrons. The van der Waals surface area contributed by atoms with Crippen LogP contribution in [-0.4, -0.2) is 6.61 Å². The highest BCUT2D eigenvalue weighted by atomic mass is 16.5. The van der Waals surface area contributed by atoms with E-state index in [1.807, 2.05) is 0 Å². The maximum absolute atomic E-state index is 6.01. The Morgan fingerprint density at radius 1 is 0.818 bits per heavy atom. The second-order valence-corrected chi connectivity index (χ2v) is 11.2. The first-order valence-electron chi connectivity index (χ1n) is 14.7. The first kappa shape index (κ1) is 26.4. The van der Waals surface area contributed by atoms with E-state index in [9.17, 15) is 0 Å². The molecule has 33 heavy (non-hydrogen) atoms. The smallest absolute Gasteiger partial charge is 0.119 e. The van der Waals surface area contributed by atoms with Gasteiger partial charge < -0.3 is 4.74 Å². The molecule has 0 spiro atoms. The van der Waals surface area contributed by atoms with Gasteiger partial charge in [-0.25, -0.2) is 0 Å². The molecule has 2 aliphatic rings. The molecular weight excluding hydrogens is 400 g/mol. The maximum Gasteiger partial charge on any atom is 0.119 e. The van der Waals surface area contributed by atoms with E-state index in [1.54, 1.807) is 11.1 Å². The Kier molecular flexibility index (Phi) is 11.9. The van der Waals surface area contributed by atoms with Crippen LogP contribution < -0.4 is 4.74 Å². The molecule has 1 aromatic carbocycles. The third kappa shape index (κ3) is 9.14. The Morgan fingerprint density at radius 3 is 2.27 bits per heavy atom. The van der Waals surface area contributed by atoms with Crippen LogP contribution in [-0.2, 0) is 0 Å². The van der Waals surface area contributed by atoms with Gasteiger partial charge in [0.15, 0.2) is 0 Å². The third-order valence-electron chi connectivity index (χ3n) is 8.51. The molecule has 0 aliphatic heterocycles. The maximum atomic E-state index is 6.01. The fourth-order valence-electron chi connectivity index (χ4n) is 6.33. The van der Waals surface area contributed by atoms with Gasteiger partial charge in [0.05, 0.1) is 6.61 Å². The Labute approximate surface area is 205 Å². The van der Waals surface area contributed by atoms with Gasteiger partial charge >= 0.3 is 0 Å². The Bertz CT molecular complexity index is 664. The molecular formula is C32H52O. The molecule has 2 aliphatic carbocycles. The van der Waals surface area contributed by atoms with Gasteiger partial charge in [-0.15, -0.1) is 0 Å². The van der Waals surface area contributed by atoms with Gasteiger partial charge in [0, 0.05) is 0 Å². The molecule has 0 amide bonds. The van der Waals surface area contributed by atoms with E-state index in [0.717, 1.165) is 18.8 Å². The van der Waals surface area contributed by atoms with Crippen molar-refractivity contribution in [2.75, 3.05) is 6.61 Å². The number of ether oxygens (including phenoxy) is 1. The van der Waals surface area contributed by atoms with Crippen LogP contribution in [0.1, 0.15) is 147 Å². The molecule has 1 fully saturated rings. The second kappa shape index (κ2) is 14.9. The summed E-state index contributed by atoms with van der Waals surface area (Å²) in [5.74, 6) is 1.72. The van der Waals surface area contributed by atoms with Crippen molar-refractivity contribution in [1.29, 1.82) is 0 Å². The minimum atomic E-state index is 0.634. The van der Waals surface area contributed by atoms with Crippen LogP contribution in [0.4, 0.5) is 0 Å². The lowest BCUT2D eigenvalue weighted by Crippen LogP contribution is -2.25. The lowest BCUT2D eigenvalue weighted by molar-refractivity contribution is 0.144. The molecule has 0 heterocycles. The second-order valence-electron chi connectivity index (χ2n) is 11.2. The first-order valence-corrected chi connectivity index (χ1v) is 14.7. The van der Waals surface area contributed by atoms with Crippen molar-refractivity contribution < 1.29 is 4.74 Å². The zero-order valence-electron chi connectivity index (χ0n) is 22.0. The van der Waals surface area contributed by atoms with Crippen molar-refractivity contribution in [3.63, 3.8) is 0 Å². The molecule has 1 aromatic rings. The van der Waals surface area contributed by atoms with Gasteiger partial charge in [-0.05, 0) is 99.7 Å². The molecule has 0 aromatic heterocycles. The van der Waals surface area contributed by atoms with Crippen LogP contribution in [0, 0.1) is 5.41 Å². The number of hydrogen-bond acceptors (Lipinski definition) is 1. The number of unbranched alkanes of at least 4 members (excludes halogenated alkanes) is 4. The van der Waals surface area contributed by atoms with Crippen LogP contribution in [0.3, 0.4) is 0 Å². The highest BCUT2D eigenvalue weighted by Gasteiger charge is 2.32. The van der Waals surface area contributed by atoms with Crippen molar-refractivity contribution in [2.24, 2.45) is 5.41 Å². The molecule has 3 rings (SSSR count). The lowest BCUT2D eigenvalue weighted by Gasteiger charge is -2.39. The molecule has 0 saturated heterocycles. The fraction of sp³-hybridized carbons (Fsp3) is 0.750. The summed E-state index contributed by atoms with van der Waals surface area (Å²) < 4.78 is 6.01. The molecule has 0 bridgehead atoms. The molecule has 1 heteroatoms. The highest BCUT2D eigenvalue weighted by Crippen LogP contribution is 2.47. The van der Waals surface area contributed by atoms with Gasteiger partial charge in [-0.1, -0.05) is 89.0 Å². The van der Waals surface area contributed by atoms with Crippen LogP contribution in [0.25, 0.3) is 0 Å². The zero-order valence-corrected chi connectivity index (χ0v) is 22.0. The van der Waals surface area contributed by atoms with Crippen LogP contribution in [0.15, 0.2) is 35.9 Å². The van der Waals surface area contributed by atoms with E-state index in [4.69, 9.17) is 4.74 Å². The molecule has 1 nitrogen and oxygen atoms in total. The van der Waals surface area contributed by atoms with Gasteiger partial charge in [-0.2, -0.15) is 0 Å². The van der Waals surface area contributed by atoms with E-state index in [0.29, 0.717) is 11.3 Å². The summed E-state index contributed by atoms with van der Waals surface area (Å²) in [6, 6.07) is 9.24. The summed E-state index contributed by atoms with van der Waals surface area (Å²) in [4.78, 5) is 0. The van der Waals surface area contributed by atoms with Crippen LogP contribution in [0.2, 0.25) is 0 Å². The number of benzene rings is 1. The lowest BCUT2D eigenvalue weighted by atomic mass is 9.66. The minimum absolute atomic E-state index is 0.634. The Morgan fingerprint density at radius 2 is 1.58 bits per heavy atom. The minimum Gasteiger partial charge on any atom is -0.494 e. The number of allylic oxidation sites excluding steroid dienone is 2. The molecule has 1 unspecified atom stereocenters. The van der Waals surface area contributed by atoms with Crippen LogP contribution >= 0.6 is 0 Å². The summed E-state index contributed by atoms with van der Waals surface area (Å²) in [6.45, 7) is 5.44. The summed E-state index contributed by atoms with van der Waals surface area (Å²) in [6.07, 6.45) is 28.8. The number of hydrogen-bond donors (Lipinski definition) is 0. The third-order valence-corrected chi connectivity index (χ3v) is 8.51. The van der Waals surface area contributed by atoms with E-state index >= 15 is 0 Å². The van der Waals surface area contributed by atoms with Crippen molar-refractivity contribution in [3.8, 4) is 5.75 Å². The average Bonchev–Trinajstić information content (AvgIpc) is 2.86. The molecule has 1 saturated carbocycles. The summed E-state index contributed by atoms with van der Waals surface area (Å²) >= 11 is 0. The zero-order chi connectivity index (χ0) is 23.2. The van der Waals surface area contributed by atoms with Crippen molar-refractivity contribution in [1.82, 2.24) is 0 Å². The van der Waals surface area contributed by atoms with Gasteiger partial charge in [0.1, 0.15) is 5.75 Å². The quantitative estimate of drug-likeness (QED) is 0.190. The SMILES string of the molecule is CCCCCOc1ccc(C(CCC2(CCCCC)CCCCC2)CC2=CCCCC2)cc1. The topological polar surface area (TPSA) is 9.23 Å². The van der Waals surface area contributed by atoms with E-state index < -0.39 is 0 Å². The predicted octanol–water partition coefficient (Wildman–Crippen LogP) is 10.5. The Hall–Kier alpha value is -1.24. The van der Waals surface area contributed by atoms with Crippen molar-refractivity contribution in [2.45, 2.75) is 142 Å². The molecule has 186 valence electrons. The molecule has 1 atom stereocenters. The number of rotatable bonds is 15. The van der Waals surface area contributed by atoms with Gasteiger partial charge in [0.25, 0.3) is 0 Å². The van der Waals surface area contributed by atoms with Crippen molar-refractivity contribution >= 4 is 0 Å². The summed E-state index contributed by atoms with van der Waals surface area (Å²) in [5.41, 5.74) is 3.91. The van der Waals surface area contributed by atoms with Crippen LogP contribution in [0.5, 0.6) is 5.75 Å². The van der Waals surface area contributed by atoms with E-state index in [1.165, 1.54) is 116 Å². The average molecular weight is 453 g/mol. The van der Waals surface area contributed by atoms with E-state index in [2.05, 4.69) is 44.2 Å². The fourth-order valence-corrected chi connectivity index (χ4v) is 6.33. The monoisotopic (exact) mass is 452 g/mol. The normalized spacial score (nSPS) is 19.2. The van der Waals surface area contributed by atoms with Crippen molar-refractivity contribution in [3.05, 3.63) is 41.5 Å². The summed E-state index contributed by atoms with van der Waals surface area (Å²) in [7, 11) is 0. The van der Waals surface area contributed by atoms with E-state index in [-0.39, 0.29) is 0 Å². The van der Waals surface area contributed by atoms with Gasteiger partial charge in [-0.3, -0.25) is 0 Å². The largest absolute Gasteiger partial charge is 0.494 e. The van der Waals surface area contributed by atoms with Gasteiger partial charge in [0.2, 0.25) is 0 Å².